The van der Waals surface area contributed by atoms with Gasteiger partial charge in [-0.25, -0.2) is 4.98 Å². The Hall–Kier alpha value is -2.33. The molecule has 1 aliphatic carbocycles. The van der Waals surface area contributed by atoms with Crippen molar-refractivity contribution in [3.63, 3.8) is 0 Å². The highest BCUT2D eigenvalue weighted by Gasteiger charge is 2.23. The van der Waals surface area contributed by atoms with E-state index in [1.165, 1.54) is 35.2 Å². The third-order valence-corrected chi connectivity index (χ3v) is 6.16. The molecule has 1 atom stereocenters. The molecule has 1 unspecified atom stereocenters. The van der Waals surface area contributed by atoms with Crippen LogP contribution in [0, 0.1) is 12.8 Å². The van der Waals surface area contributed by atoms with E-state index in [0.717, 1.165) is 50.5 Å². The fourth-order valence-electron chi connectivity index (χ4n) is 4.34. The van der Waals surface area contributed by atoms with E-state index in [2.05, 4.69) is 66.0 Å². The normalized spacial score (nSPS) is 19.9. The van der Waals surface area contributed by atoms with Gasteiger partial charge in [0.05, 0.1) is 0 Å². The van der Waals surface area contributed by atoms with Gasteiger partial charge in [0.2, 0.25) is 0 Å². The fourth-order valence-corrected chi connectivity index (χ4v) is 4.34. The number of nitrogens with one attached hydrogen (secondary N) is 1. The maximum Gasteiger partial charge on any atom is 0.128 e. The predicted molar refractivity (Wildman–Crippen MR) is 117 cm³/mol. The van der Waals surface area contributed by atoms with E-state index in [0.29, 0.717) is 5.92 Å². The van der Waals surface area contributed by atoms with Crippen LogP contribution in [0.25, 0.3) is 0 Å². The monoisotopic (exact) mass is 376 g/mol. The first kappa shape index (κ1) is 19.0. The number of nitrogens with zero attached hydrogens (tertiary/aromatic N) is 3. The van der Waals surface area contributed by atoms with Crippen molar-refractivity contribution >= 4 is 5.82 Å². The average Bonchev–Trinajstić information content (AvgIpc) is 3.00. The minimum absolute atomic E-state index is 0.498. The van der Waals surface area contributed by atoms with Crippen LogP contribution in [0.4, 0.5) is 5.82 Å². The maximum absolute atomic E-state index is 4.72. The number of allylic oxidation sites excluding steroid dienone is 1. The summed E-state index contributed by atoms with van der Waals surface area (Å²) in [5.74, 6) is 1.60. The smallest absolute Gasteiger partial charge is 0.128 e. The molecule has 0 radical (unpaired) electrons. The summed E-state index contributed by atoms with van der Waals surface area (Å²) in [4.78, 5) is 9.52. The van der Waals surface area contributed by atoms with E-state index in [1.54, 1.807) is 0 Å². The second-order valence-corrected chi connectivity index (χ2v) is 8.42. The van der Waals surface area contributed by atoms with E-state index >= 15 is 0 Å². The third-order valence-electron chi connectivity index (χ3n) is 6.16. The van der Waals surface area contributed by atoms with Crippen molar-refractivity contribution in [3.05, 3.63) is 71.1 Å². The quantitative estimate of drug-likeness (QED) is 0.865. The topological polar surface area (TPSA) is 31.4 Å². The Morgan fingerprint density at radius 2 is 1.96 bits per heavy atom. The van der Waals surface area contributed by atoms with E-state index < -0.39 is 0 Å². The summed E-state index contributed by atoms with van der Waals surface area (Å²) in [7, 11) is 2.20. The second-order valence-electron chi connectivity index (χ2n) is 8.42. The summed E-state index contributed by atoms with van der Waals surface area (Å²) in [6.07, 6.45) is 5.41. The highest BCUT2D eigenvalue weighted by atomic mass is 15.2. The molecule has 1 aromatic heterocycles. The molecule has 2 heterocycles. The van der Waals surface area contributed by atoms with Gasteiger partial charge in [0.1, 0.15) is 5.82 Å². The molecule has 0 spiro atoms. The summed E-state index contributed by atoms with van der Waals surface area (Å²) in [6.45, 7) is 11.7. The first-order valence-corrected chi connectivity index (χ1v) is 10.5. The number of pyridine rings is 1. The molecule has 1 aliphatic heterocycles. The van der Waals surface area contributed by atoms with Gasteiger partial charge in [0, 0.05) is 44.0 Å². The molecule has 1 saturated heterocycles. The molecular formula is C24H32N4. The zero-order valence-electron chi connectivity index (χ0n) is 17.2. The van der Waals surface area contributed by atoms with Gasteiger partial charge in [0.15, 0.2) is 0 Å². The molecule has 0 amide bonds. The molecule has 4 rings (SSSR count). The van der Waals surface area contributed by atoms with Crippen LogP contribution in [0.2, 0.25) is 0 Å². The van der Waals surface area contributed by atoms with Crippen LogP contribution < -0.4 is 10.2 Å². The Bertz CT molecular complexity index is 827. The molecule has 4 nitrogen and oxygen atoms in total. The molecule has 2 aliphatic rings. The highest BCUT2D eigenvalue weighted by Crippen LogP contribution is 2.30. The average molecular weight is 377 g/mol. The molecule has 148 valence electrons. The number of anilines is 1. The van der Waals surface area contributed by atoms with Gasteiger partial charge < -0.3 is 15.1 Å². The Labute approximate surface area is 169 Å². The van der Waals surface area contributed by atoms with Crippen LogP contribution in [0.15, 0.2) is 48.8 Å². The zero-order chi connectivity index (χ0) is 19.5. The maximum atomic E-state index is 4.72. The number of benzene rings is 1. The molecule has 1 aromatic carbocycles. The number of aromatic nitrogens is 1. The van der Waals surface area contributed by atoms with Crippen LogP contribution >= 0.6 is 0 Å². The van der Waals surface area contributed by atoms with Crippen molar-refractivity contribution in [1.82, 2.24) is 15.2 Å². The summed E-state index contributed by atoms with van der Waals surface area (Å²) in [5.41, 5.74) is 6.67. The Morgan fingerprint density at radius 1 is 1.11 bits per heavy atom. The number of hydrogen-bond donors (Lipinski definition) is 1. The fraction of sp³-hybridized carbons (Fsp3) is 0.458. The minimum atomic E-state index is 0.498. The first-order chi connectivity index (χ1) is 13.6. The number of likely N-dealkylation sites (N-methyl/N-ethyl adjacent to an activating group) is 1. The van der Waals surface area contributed by atoms with Crippen LogP contribution in [0.5, 0.6) is 0 Å². The van der Waals surface area contributed by atoms with Crippen molar-refractivity contribution in [2.45, 2.75) is 32.7 Å². The number of fused-ring (bicyclic) bond motifs is 1. The zero-order valence-corrected chi connectivity index (χ0v) is 17.2. The van der Waals surface area contributed by atoms with Gasteiger partial charge in [-0.15, -0.1) is 0 Å². The summed E-state index contributed by atoms with van der Waals surface area (Å²) >= 11 is 0. The molecule has 0 bridgehead atoms. The highest BCUT2D eigenvalue weighted by molar-refractivity contribution is 5.40. The molecule has 1 fully saturated rings. The lowest BCUT2D eigenvalue weighted by molar-refractivity contribution is 0.360. The first-order valence-electron chi connectivity index (χ1n) is 10.5. The van der Waals surface area contributed by atoms with Gasteiger partial charge >= 0.3 is 0 Å². The van der Waals surface area contributed by atoms with Gasteiger partial charge in [-0.2, -0.15) is 0 Å². The summed E-state index contributed by atoms with van der Waals surface area (Å²) in [5, 5.41) is 3.55. The van der Waals surface area contributed by atoms with Crippen molar-refractivity contribution < 1.29 is 0 Å². The van der Waals surface area contributed by atoms with E-state index in [4.69, 9.17) is 4.98 Å². The standard InChI is InChI=1S/C24H32N4/c1-18-5-7-21-14-22(15-23(21)13-18)19(2)25-16-20-6-8-24(26-17-20)28-10-4-9-27(3)11-12-28/h5-8,13,17,22,25H,2,4,9-12,14-16H2,1,3H3. The van der Waals surface area contributed by atoms with Gasteiger partial charge in [-0.1, -0.05) is 36.4 Å². The minimum Gasteiger partial charge on any atom is -0.384 e. The number of hydrogen-bond acceptors (Lipinski definition) is 4. The lowest BCUT2D eigenvalue weighted by atomic mass is 10.0. The lowest BCUT2D eigenvalue weighted by Crippen LogP contribution is -2.29. The number of aryl methyl sites for hydroxylation is 1. The summed E-state index contributed by atoms with van der Waals surface area (Å²) in [6, 6.07) is 11.2. The SMILES string of the molecule is C=C(NCc1ccc(N2CCCN(C)CC2)nc1)C1Cc2ccc(C)cc2C1. The molecule has 2 aromatic rings. The predicted octanol–water partition coefficient (Wildman–Crippen LogP) is 3.55. The molecular weight excluding hydrogens is 344 g/mol. The van der Waals surface area contributed by atoms with Crippen molar-refractivity contribution in [2.24, 2.45) is 5.92 Å². The largest absolute Gasteiger partial charge is 0.384 e. The van der Waals surface area contributed by atoms with Crippen LogP contribution in [-0.4, -0.2) is 43.1 Å². The Kier molecular flexibility index (Phi) is 5.67. The third kappa shape index (κ3) is 4.39. The van der Waals surface area contributed by atoms with Gasteiger partial charge in [0.25, 0.3) is 0 Å². The number of rotatable bonds is 5. The molecule has 1 N–H and O–H groups in total. The summed E-state index contributed by atoms with van der Waals surface area (Å²) < 4.78 is 0. The van der Waals surface area contributed by atoms with E-state index in [-0.39, 0.29) is 0 Å². The second kappa shape index (κ2) is 8.36. The van der Waals surface area contributed by atoms with Gasteiger partial charge in [-0.3, -0.25) is 0 Å². The Morgan fingerprint density at radius 3 is 2.79 bits per heavy atom. The van der Waals surface area contributed by atoms with E-state index in [1.807, 2.05) is 6.20 Å². The van der Waals surface area contributed by atoms with Crippen molar-refractivity contribution in [2.75, 3.05) is 38.1 Å². The molecule has 28 heavy (non-hydrogen) atoms. The lowest BCUT2D eigenvalue weighted by Gasteiger charge is -2.22. The Balaban J connectivity index is 1.30. The van der Waals surface area contributed by atoms with Crippen molar-refractivity contribution in [1.29, 1.82) is 0 Å². The molecule has 0 saturated carbocycles. The van der Waals surface area contributed by atoms with Crippen molar-refractivity contribution in [3.8, 4) is 0 Å². The van der Waals surface area contributed by atoms with Crippen LogP contribution in [0.1, 0.15) is 28.7 Å². The van der Waals surface area contributed by atoms with Gasteiger partial charge in [-0.05, 0) is 62.5 Å². The molecule has 4 heteroatoms. The van der Waals surface area contributed by atoms with Crippen LogP contribution in [-0.2, 0) is 19.4 Å². The van der Waals surface area contributed by atoms with E-state index in [9.17, 15) is 0 Å². The van der Waals surface area contributed by atoms with Crippen LogP contribution in [0.3, 0.4) is 0 Å².